The van der Waals surface area contributed by atoms with E-state index in [1.807, 2.05) is 0 Å². The van der Waals surface area contributed by atoms with Crippen molar-refractivity contribution in [3.8, 4) is 0 Å². The van der Waals surface area contributed by atoms with Crippen LogP contribution in [-0.4, -0.2) is 50.8 Å². The topological polar surface area (TPSA) is 118 Å². The fourth-order valence-corrected chi connectivity index (χ4v) is 0.836. The molecule has 0 saturated carbocycles. The van der Waals surface area contributed by atoms with Crippen molar-refractivity contribution in [1.82, 2.24) is 0 Å². The molecule has 1 aromatic rings. The van der Waals surface area contributed by atoms with Gasteiger partial charge in [0, 0.05) is 0 Å². The summed E-state index contributed by atoms with van der Waals surface area (Å²) in [4.78, 5) is 10.2. The van der Waals surface area contributed by atoms with E-state index in [2.05, 4.69) is 0 Å². The molecule has 0 aromatic heterocycles. The molecule has 1 rings (SSSR count). The number of benzene rings is 1. The average molecular weight is 244 g/mol. The van der Waals surface area contributed by atoms with Gasteiger partial charge in [-0.05, 0) is 5.56 Å². The van der Waals surface area contributed by atoms with Crippen LogP contribution in [0.15, 0.2) is 30.3 Å². The summed E-state index contributed by atoms with van der Waals surface area (Å²) in [7, 11) is 0. The first-order valence-corrected chi connectivity index (χ1v) is 4.88. The van der Waals surface area contributed by atoms with Crippen LogP contribution in [0.4, 0.5) is 0 Å². The van der Waals surface area contributed by atoms with Crippen LogP contribution in [0.3, 0.4) is 0 Å². The van der Waals surface area contributed by atoms with Gasteiger partial charge in [0.05, 0.1) is 13.2 Å². The van der Waals surface area contributed by atoms with Crippen LogP contribution in [0.5, 0.6) is 0 Å². The van der Waals surface area contributed by atoms with Crippen molar-refractivity contribution in [2.75, 3.05) is 13.2 Å². The van der Waals surface area contributed by atoms with E-state index in [-0.39, 0.29) is 13.2 Å². The normalized spacial score (nSPS) is 11.6. The van der Waals surface area contributed by atoms with E-state index in [4.69, 9.17) is 25.5 Å². The van der Waals surface area contributed by atoms with Gasteiger partial charge in [0.2, 0.25) is 0 Å². The Balaban J connectivity index is 0.000000366. The zero-order valence-corrected chi connectivity index (χ0v) is 9.10. The van der Waals surface area contributed by atoms with Gasteiger partial charge in [-0.15, -0.1) is 0 Å². The van der Waals surface area contributed by atoms with E-state index in [0.29, 0.717) is 5.56 Å². The fourth-order valence-electron chi connectivity index (χ4n) is 0.836. The van der Waals surface area contributed by atoms with Gasteiger partial charge in [0.15, 0.2) is 6.10 Å². The molecular formula is C11H16O6. The molecule has 17 heavy (non-hydrogen) atoms. The van der Waals surface area contributed by atoms with E-state index in [1.54, 1.807) is 30.3 Å². The van der Waals surface area contributed by atoms with Crippen molar-refractivity contribution < 1.29 is 30.3 Å². The molecule has 0 amide bonds. The second-order valence-corrected chi connectivity index (χ2v) is 3.17. The lowest BCUT2D eigenvalue weighted by Gasteiger charge is -2.03. The van der Waals surface area contributed by atoms with Gasteiger partial charge < -0.3 is 25.5 Å². The molecule has 0 saturated heterocycles. The summed E-state index contributed by atoms with van der Waals surface area (Å²) < 4.78 is 0. The minimum Gasteiger partial charge on any atom is -0.479 e. The number of carboxylic acids is 1. The van der Waals surface area contributed by atoms with Gasteiger partial charge in [0.25, 0.3) is 0 Å². The fraction of sp³-hybridized carbons (Fsp3) is 0.364. The maximum atomic E-state index is 10.2. The number of aliphatic hydroxyl groups is 4. The van der Waals surface area contributed by atoms with Crippen molar-refractivity contribution in [2.45, 2.75) is 12.2 Å². The Morgan fingerprint density at radius 1 is 1.06 bits per heavy atom. The Kier molecular flexibility index (Phi) is 7.91. The van der Waals surface area contributed by atoms with E-state index in [9.17, 15) is 4.79 Å². The monoisotopic (exact) mass is 244 g/mol. The maximum Gasteiger partial charge on any atom is 0.337 e. The Morgan fingerprint density at radius 3 is 1.82 bits per heavy atom. The number of rotatable bonds is 4. The summed E-state index contributed by atoms with van der Waals surface area (Å²) >= 11 is 0. The number of hydrogen-bond acceptors (Lipinski definition) is 5. The van der Waals surface area contributed by atoms with Gasteiger partial charge >= 0.3 is 5.97 Å². The summed E-state index contributed by atoms with van der Waals surface area (Å²) in [5.74, 6) is -1.23. The Bertz CT molecular complexity index is 309. The summed E-state index contributed by atoms with van der Waals surface area (Å²) in [5.41, 5.74) is 0.403. The largest absolute Gasteiger partial charge is 0.479 e. The zero-order valence-electron chi connectivity index (χ0n) is 9.10. The smallest absolute Gasteiger partial charge is 0.337 e. The molecule has 0 spiro atoms. The molecule has 0 fully saturated rings. The zero-order chi connectivity index (χ0) is 13.3. The molecule has 0 heterocycles. The van der Waals surface area contributed by atoms with Crippen LogP contribution in [0.1, 0.15) is 11.7 Å². The number of aliphatic carboxylic acids is 1. The highest BCUT2D eigenvalue weighted by Crippen LogP contribution is 2.10. The Hall–Kier alpha value is -1.47. The molecule has 0 aliphatic heterocycles. The number of carboxylic acid groups (broad SMARTS) is 1. The summed E-state index contributed by atoms with van der Waals surface area (Å²) in [5, 5.41) is 41.4. The van der Waals surface area contributed by atoms with Crippen LogP contribution in [0.25, 0.3) is 0 Å². The molecule has 1 aromatic carbocycles. The predicted octanol–water partition coefficient (Wildman–Crippen LogP) is -0.863. The minimum absolute atomic E-state index is 0.365. The van der Waals surface area contributed by atoms with Crippen LogP contribution in [0.2, 0.25) is 0 Å². The van der Waals surface area contributed by atoms with E-state index in [1.165, 1.54) is 0 Å². The van der Waals surface area contributed by atoms with Crippen LogP contribution in [0, 0.1) is 0 Å². The maximum absolute atomic E-state index is 10.2. The first-order chi connectivity index (χ1) is 8.02. The standard InChI is InChI=1S/C8H8O3.C3H8O3/c9-7(8(10)11)6-4-2-1-3-5-6;4-1-3(6)2-5/h1-5,7,9H,(H,10,11);3-6H,1-2H2. The average Bonchev–Trinajstić information content (AvgIpc) is 2.38. The number of hydrogen-bond donors (Lipinski definition) is 5. The molecule has 0 aliphatic carbocycles. The SMILES string of the molecule is O=C(O)C(O)c1ccccc1.OCC(O)CO. The molecule has 0 aliphatic rings. The highest BCUT2D eigenvalue weighted by molar-refractivity contribution is 5.73. The summed E-state index contributed by atoms with van der Waals surface area (Å²) in [6.07, 6.45) is -2.36. The third-order valence-electron chi connectivity index (χ3n) is 1.77. The number of aliphatic hydroxyl groups excluding tert-OH is 4. The lowest BCUT2D eigenvalue weighted by Crippen LogP contribution is -2.15. The van der Waals surface area contributed by atoms with Crippen molar-refractivity contribution in [3.63, 3.8) is 0 Å². The van der Waals surface area contributed by atoms with E-state index in [0.717, 1.165) is 0 Å². The molecule has 0 bridgehead atoms. The second-order valence-electron chi connectivity index (χ2n) is 3.17. The van der Waals surface area contributed by atoms with Gasteiger partial charge in [0.1, 0.15) is 6.10 Å². The number of carbonyl (C=O) groups is 1. The lowest BCUT2D eigenvalue weighted by molar-refractivity contribution is -0.146. The second kappa shape index (κ2) is 8.66. The Labute approximate surface area is 98.4 Å². The molecule has 6 nitrogen and oxygen atoms in total. The van der Waals surface area contributed by atoms with Crippen molar-refractivity contribution in [3.05, 3.63) is 35.9 Å². The minimum atomic E-state index is -1.41. The molecular weight excluding hydrogens is 228 g/mol. The van der Waals surface area contributed by atoms with Crippen LogP contribution < -0.4 is 0 Å². The Morgan fingerprint density at radius 2 is 1.53 bits per heavy atom. The first-order valence-electron chi connectivity index (χ1n) is 4.88. The van der Waals surface area contributed by atoms with Gasteiger partial charge in [-0.25, -0.2) is 4.79 Å². The van der Waals surface area contributed by atoms with E-state index < -0.39 is 18.2 Å². The van der Waals surface area contributed by atoms with Crippen molar-refractivity contribution in [2.24, 2.45) is 0 Å². The third kappa shape index (κ3) is 6.64. The van der Waals surface area contributed by atoms with Crippen LogP contribution in [-0.2, 0) is 4.79 Å². The van der Waals surface area contributed by atoms with E-state index >= 15 is 0 Å². The first kappa shape index (κ1) is 15.5. The van der Waals surface area contributed by atoms with Gasteiger partial charge in [-0.2, -0.15) is 0 Å². The lowest BCUT2D eigenvalue weighted by atomic mass is 10.1. The summed E-state index contributed by atoms with van der Waals surface area (Å²) in [6.45, 7) is -0.729. The predicted molar refractivity (Wildman–Crippen MR) is 59.2 cm³/mol. The van der Waals surface area contributed by atoms with Crippen LogP contribution >= 0.6 is 0 Å². The summed E-state index contributed by atoms with van der Waals surface area (Å²) in [6, 6.07) is 8.26. The van der Waals surface area contributed by atoms with Gasteiger partial charge in [-0.3, -0.25) is 0 Å². The van der Waals surface area contributed by atoms with Gasteiger partial charge in [-0.1, -0.05) is 30.3 Å². The highest BCUT2D eigenvalue weighted by atomic mass is 16.4. The quantitative estimate of drug-likeness (QED) is 0.470. The molecule has 96 valence electrons. The molecule has 1 atom stereocenters. The third-order valence-corrected chi connectivity index (χ3v) is 1.77. The molecule has 0 radical (unpaired) electrons. The highest BCUT2D eigenvalue weighted by Gasteiger charge is 2.14. The van der Waals surface area contributed by atoms with Crippen molar-refractivity contribution in [1.29, 1.82) is 0 Å². The van der Waals surface area contributed by atoms with Crippen molar-refractivity contribution >= 4 is 5.97 Å². The molecule has 1 unspecified atom stereocenters. The molecule has 6 heteroatoms. The molecule has 5 N–H and O–H groups in total.